The predicted molar refractivity (Wildman–Crippen MR) is 139 cm³/mol. The number of hydrogen-bond acceptors (Lipinski definition) is 9. The Morgan fingerprint density at radius 1 is 0.917 bits per heavy atom. The fourth-order valence-electron chi connectivity index (χ4n) is 3.94. The Balaban J connectivity index is 1.51. The second-order valence-electron chi connectivity index (χ2n) is 8.17. The van der Waals surface area contributed by atoms with E-state index in [2.05, 4.69) is 46.7 Å². The molecule has 8 nitrogen and oxygen atoms in total. The summed E-state index contributed by atoms with van der Waals surface area (Å²) < 4.78 is 23.0. The average Bonchev–Trinajstić information content (AvgIpc) is 3.08. The Kier molecular flexibility index (Phi) is 6.81. The van der Waals surface area contributed by atoms with Gasteiger partial charge in [0.2, 0.25) is 16.8 Å². The fourth-order valence-corrected chi connectivity index (χ4v) is 4.68. The summed E-state index contributed by atoms with van der Waals surface area (Å²) in [6.07, 6.45) is -0.590. The first-order chi connectivity index (χ1) is 17.6. The van der Waals surface area contributed by atoms with Crippen LogP contribution in [-0.4, -0.2) is 36.5 Å². The highest BCUT2D eigenvalue weighted by Crippen LogP contribution is 2.44. The highest BCUT2D eigenvalue weighted by molar-refractivity contribution is 7.98. The molecule has 1 N–H and O–H groups in total. The minimum Gasteiger partial charge on any atom is -0.493 e. The molecule has 1 atom stereocenters. The molecule has 0 radical (unpaired) electrons. The van der Waals surface area contributed by atoms with E-state index in [1.54, 1.807) is 21.3 Å². The van der Waals surface area contributed by atoms with Crippen LogP contribution in [0.5, 0.6) is 23.1 Å². The number of methoxy groups -OCH3 is 3. The molecule has 9 heteroatoms. The Bertz CT molecular complexity index is 1360. The van der Waals surface area contributed by atoms with E-state index in [1.807, 2.05) is 36.4 Å². The number of fused-ring (bicyclic) bond motifs is 3. The summed E-state index contributed by atoms with van der Waals surface area (Å²) in [5.74, 6) is 2.70. The lowest BCUT2D eigenvalue weighted by molar-refractivity contribution is 0.223. The number of rotatable bonds is 7. The molecule has 0 amide bonds. The van der Waals surface area contributed by atoms with Crippen molar-refractivity contribution in [3.8, 4) is 34.4 Å². The van der Waals surface area contributed by atoms with Crippen LogP contribution in [0.1, 0.15) is 22.9 Å². The van der Waals surface area contributed by atoms with Gasteiger partial charge < -0.3 is 24.3 Å². The Hall–Kier alpha value is -3.98. The van der Waals surface area contributed by atoms with Crippen LogP contribution in [0.3, 0.4) is 0 Å². The number of nitrogens with zero attached hydrogens (tertiary/aromatic N) is 3. The van der Waals surface area contributed by atoms with Crippen molar-refractivity contribution in [1.82, 2.24) is 15.2 Å². The van der Waals surface area contributed by atoms with E-state index in [1.165, 1.54) is 22.9 Å². The lowest BCUT2D eigenvalue weighted by atomic mass is 10.1. The zero-order valence-corrected chi connectivity index (χ0v) is 21.3. The van der Waals surface area contributed by atoms with Crippen molar-refractivity contribution in [2.24, 2.45) is 0 Å². The molecule has 0 saturated carbocycles. The van der Waals surface area contributed by atoms with E-state index in [9.17, 15) is 0 Å². The normalized spacial score (nSPS) is 13.9. The van der Waals surface area contributed by atoms with Crippen molar-refractivity contribution < 1.29 is 18.9 Å². The van der Waals surface area contributed by atoms with Gasteiger partial charge in [-0.05, 0) is 30.7 Å². The smallest absolute Gasteiger partial charge is 0.247 e. The molecule has 36 heavy (non-hydrogen) atoms. The quantitative estimate of drug-likeness (QED) is 0.321. The van der Waals surface area contributed by atoms with Crippen molar-refractivity contribution in [2.75, 3.05) is 26.6 Å². The van der Waals surface area contributed by atoms with Crippen LogP contribution in [0.25, 0.3) is 11.3 Å². The summed E-state index contributed by atoms with van der Waals surface area (Å²) in [6, 6.07) is 20.0. The summed E-state index contributed by atoms with van der Waals surface area (Å²) >= 11 is 1.51. The molecule has 184 valence electrons. The summed E-state index contributed by atoms with van der Waals surface area (Å²) in [5, 5.41) is 12.9. The molecule has 0 aliphatic carbocycles. The van der Waals surface area contributed by atoms with Crippen LogP contribution < -0.4 is 24.3 Å². The third-order valence-electron chi connectivity index (χ3n) is 5.81. The maximum Gasteiger partial charge on any atom is 0.247 e. The molecule has 0 spiro atoms. The van der Waals surface area contributed by atoms with Gasteiger partial charge >= 0.3 is 0 Å². The monoisotopic (exact) mass is 502 g/mol. The second-order valence-corrected chi connectivity index (χ2v) is 9.11. The third kappa shape index (κ3) is 4.74. The van der Waals surface area contributed by atoms with E-state index in [-0.39, 0.29) is 0 Å². The van der Waals surface area contributed by atoms with Gasteiger partial charge in [0.1, 0.15) is 0 Å². The number of nitrogens with one attached hydrogen (secondary N) is 1. The van der Waals surface area contributed by atoms with Gasteiger partial charge in [0.05, 0.1) is 21.3 Å². The summed E-state index contributed by atoms with van der Waals surface area (Å²) in [4.78, 5) is 4.74. The van der Waals surface area contributed by atoms with Gasteiger partial charge in [-0.3, -0.25) is 0 Å². The second kappa shape index (κ2) is 10.3. The highest BCUT2D eigenvalue weighted by Gasteiger charge is 2.28. The lowest BCUT2D eigenvalue weighted by Gasteiger charge is -2.21. The van der Waals surface area contributed by atoms with E-state index in [0.717, 1.165) is 22.6 Å². The molecule has 2 heterocycles. The number of aryl methyl sites for hydroxylation is 1. The molecule has 1 aliphatic rings. The third-order valence-corrected chi connectivity index (χ3v) is 6.72. The van der Waals surface area contributed by atoms with Crippen molar-refractivity contribution >= 4 is 17.4 Å². The van der Waals surface area contributed by atoms with Crippen molar-refractivity contribution in [1.29, 1.82) is 0 Å². The molecule has 1 aromatic heterocycles. The van der Waals surface area contributed by atoms with Crippen LogP contribution in [0.4, 0.5) is 5.69 Å². The van der Waals surface area contributed by atoms with E-state index < -0.39 is 6.23 Å². The minimum absolute atomic E-state index is 0.396. The predicted octanol–water partition coefficient (Wildman–Crippen LogP) is 5.67. The first-order valence-corrected chi connectivity index (χ1v) is 12.3. The van der Waals surface area contributed by atoms with E-state index in [0.29, 0.717) is 34.0 Å². The largest absolute Gasteiger partial charge is 0.493 e. The standard InChI is InChI=1S/C27H26N4O4S/c1-16-9-11-17(12-10-16)15-36-27-29-26-23(30-31-27)19-7-5-6-8-20(19)28-25(35-26)18-13-21(32-2)24(34-4)22(14-18)33-3/h5-14,25,28H,15H2,1-4H3/t25-/m0/s1. The minimum atomic E-state index is -0.590. The van der Waals surface area contributed by atoms with Gasteiger partial charge in [-0.2, -0.15) is 4.98 Å². The molecule has 4 aromatic rings. The van der Waals surface area contributed by atoms with Gasteiger partial charge in [-0.1, -0.05) is 59.8 Å². The summed E-state index contributed by atoms with van der Waals surface area (Å²) in [6.45, 7) is 2.07. The highest BCUT2D eigenvalue weighted by atomic mass is 32.2. The number of para-hydroxylation sites is 1. The van der Waals surface area contributed by atoms with E-state index >= 15 is 0 Å². The lowest BCUT2D eigenvalue weighted by Crippen LogP contribution is -2.17. The maximum absolute atomic E-state index is 6.42. The molecule has 0 unspecified atom stereocenters. The number of hydrogen-bond donors (Lipinski definition) is 1. The molecular formula is C27H26N4O4S. The van der Waals surface area contributed by atoms with Crippen LogP contribution >= 0.6 is 11.8 Å². The van der Waals surface area contributed by atoms with Crippen LogP contribution in [0.2, 0.25) is 0 Å². The topological polar surface area (TPSA) is 87.6 Å². The zero-order chi connectivity index (χ0) is 25.1. The van der Waals surface area contributed by atoms with Crippen molar-refractivity contribution in [2.45, 2.75) is 24.1 Å². The number of ether oxygens (including phenoxy) is 4. The molecule has 1 aliphatic heterocycles. The van der Waals surface area contributed by atoms with Crippen molar-refractivity contribution in [3.63, 3.8) is 0 Å². The van der Waals surface area contributed by atoms with Crippen LogP contribution in [0.15, 0.2) is 65.8 Å². The zero-order valence-electron chi connectivity index (χ0n) is 20.4. The number of thioether (sulfide) groups is 1. The average molecular weight is 503 g/mol. The first-order valence-electron chi connectivity index (χ1n) is 11.3. The van der Waals surface area contributed by atoms with Crippen molar-refractivity contribution in [3.05, 3.63) is 77.4 Å². The van der Waals surface area contributed by atoms with Gasteiger partial charge in [-0.15, -0.1) is 10.2 Å². The van der Waals surface area contributed by atoms with Crippen LogP contribution in [0, 0.1) is 6.92 Å². The number of aromatic nitrogens is 3. The van der Waals surface area contributed by atoms with Gasteiger partial charge in [0, 0.05) is 22.6 Å². The SMILES string of the molecule is COc1cc([C@H]2Nc3ccccc3-c3nnc(SCc4ccc(C)cc4)nc3O2)cc(OC)c1OC. The number of anilines is 1. The van der Waals surface area contributed by atoms with Gasteiger partial charge in [0.25, 0.3) is 0 Å². The Morgan fingerprint density at radius 2 is 1.64 bits per heavy atom. The van der Waals surface area contributed by atoms with E-state index in [4.69, 9.17) is 23.9 Å². The Labute approximate surface area is 214 Å². The van der Waals surface area contributed by atoms with Gasteiger partial charge in [-0.25, -0.2) is 0 Å². The molecule has 0 saturated heterocycles. The molecule has 5 rings (SSSR count). The fraction of sp³-hybridized carbons (Fsp3) is 0.222. The molecular weight excluding hydrogens is 476 g/mol. The number of benzene rings is 3. The molecule has 0 bridgehead atoms. The molecule has 3 aromatic carbocycles. The summed E-state index contributed by atoms with van der Waals surface area (Å²) in [5.41, 5.74) is 5.48. The van der Waals surface area contributed by atoms with Crippen LogP contribution in [-0.2, 0) is 5.75 Å². The Morgan fingerprint density at radius 3 is 2.33 bits per heavy atom. The van der Waals surface area contributed by atoms with Gasteiger partial charge in [0.15, 0.2) is 23.4 Å². The summed E-state index contributed by atoms with van der Waals surface area (Å²) in [7, 11) is 4.74. The molecule has 0 fully saturated rings. The maximum atomic E-state index is 6.42. The first kappa shape index (κ1) is 23.7.